The minimum atomic E-state index is -0.639. The van der Waals surface area contributed by atoms with E-state index in [1.54, 1.807) is 6.07 Å². The van der Waals surface area contributed by atoms with Crippen LogP contribution in [0, 0.1) is 0 Å². The van der Waals surface area contributed by atoms with Gasteiger partial charge in [-0.25, -0.2) is 0 Å². The third kappa shape index (κ3) is 4.94. The van der Waals surface area contributed by atoms with E-state index in [0.29, 0.717) is 18.7 Å². The van der Waals surface area contributed by atoms with Gasteiger partial charge in [-0.3, -0.25) is 4.79 Å². The molecule has 7 heteroatoms. The molecule has 0 aromatic carbocycles. The number of nitrogens with one attached hydrogen (secondary N) is 1. The molecule has 1 atom stereocenters. The molecule has 2 heterocycles. The van der Waals surface area contributed by atoms with E-state index in [9.17, 15) is 9.90 Å². The number of rotatable bonds is 9. The van der Waals surface area contributed by atoms with Gasteiger partial charge in [0.25, 0.3) is 5.91 Å². The van der Waals surface area contributed by atoms with E-state index >= 15 is 0 Å². The van der Waals surface area contributed by atoms with Crippen LogP contribution in [0.4, 0.5) is 0 Å². The first-order chi connectivity index (χ1) is 10.7. The molecule has 6 nitrogen and oxygen atoms in total. The number of amides is 1. The average Bonchev–Trinajstić information content (AvgIpc) is 3.20. The minimum absolute atomic E-state index is 0.199. The molecule has 120 valence electrons. The van der Waals surface area contributed by atoms with E-state index in [1.165, 1.54) is 11.3 Å². The zero-order chi connectivity index (χ0) is 15.8. The Morgan fingerprint density at radius 1 is 1.41 bits per heavy atom. The molecule has 22 heavy (non-hydrogen) atoms. The Balaban J connectivity index is 1.67. The quantitative estimate of drug-likeness (QED) is 0.614. The number of hydrogen-bond donors (Lipinski definition) is 3. The van der Waals surface area contributed by atoms with Gasteiger partial charge in [-0.15, -0.1) is 11.3 Å². The minimum Gasteiger partial charge on any atom is -0.394 e. The highest BCUT2D eigenvalue weighted by Crippen LogP contribution is 2.24. The number of carbonyl (C=O) groups is 1. The number of nitrogens with zero attached hydrogens (tertiary/aromatic N) is 1. The molecule has 0 aliphatic heterocycles. The van der Waals surface area contributed by atoms with Crippen LogP contribution in [0.2, 0.25) is 0 Å². The van der Waals surface area contributed by atoms with Crippen molar-refractivity contribution in [1.82, 2.24) is 10.5 Å². The summed E-state index contributed by atoms with van der Waals surface area (Å²) < 4.78 is 5.16. The topological polar surface area (TPSA) is 95.6 Å². The van der Waals surface area contributed by atoms with Gasteiger partial charge >= 0.3 is 0 Å². The van der Waals surface area contributed by atoms with Gasteiger partial charge < -0.3 is 20.1 Å². The molecule has 1 amide bonds. The Morgan fingerprint density at radius 3 is 3.00 bits per heavy atom. The van der Waals surface area contributed by atoms with Crippen LogP contribution in [0.25, 0.3) is 10.6 Å². The maximum Gasteiger partial charge on any atom is 0.273 e. The summed E-state index contributed by atoms with van der Waals surface area (Å²) in [5, 5.41) is 26.4. The number of aromatic nitrogens is 1. The van der Waals surface area contributed by atoms with Crippen molar-refractivity contribution in [3.63, 3.8) is 0 Å². The van der Waals surface area contributed by atoms with Gasteiger partial charge in [0.2, 0.25) is 0 Å². The highest BCUT2D eigenvalue weighted by atomic mass is 32.1. The number of hydrogen-bond acceptors (Lipinski definition) is 6. The summed E-state index contributed by atoms with van der Waals surface area (Å²) in [7, 11) is 0. The highest BCUT2D eigenvalue weighted by molar-refractivity contribution is 7.13. The zero-order valence-electron chi connectivity index (χ0n) is 12.2. The third-order valence-electron chi connectivity index (χ3n) is 3.22. The molecule has 2 aromatic heterocycles. The van der Waals surface area contributed by atoms with Crippen LogP contribution in [0.15, 0.2) is 28.1 Å². The molecule has 3 N–H and O–H groups in total. The Bertz CT molecular complexity index is 568. The molecular formula is C15H20N2O4S. The van der Waals surface area contributed by atoms with Crippen LogP contribution >= 0.6 is 11.3 Å². The summed E-state index contributed by atoms with van der Waals surface area (Å²) >= 11 is 1.53. The Hall–Kier alpha value is -1.70. The van der Waals surface area contributed by atoms with Gasteiger partial charge in [-0.2, -0.15) is 0 Å². The van der Waals surface area contributed by atoms with Gasteiger partial charge in [-0.05, 0) is 24.3 Å². The SMILES string of the molecule is O=C(NCCCCCC(O)CO)c1cc(-c2cccs2)on1. The van der Waals surface area contributed by atoms with E-state index in [1.807, 2.05) is 17.5 Å². The summed E-state index contributed by atoms with van der Waals surface area (Å²) in [6, 6.07) is 5.46. The van der Waals surface area contributed by atoms with Crippen molar-refractivity contribution in [2.45, 2.75) is 31.8 Å². The first-order valence-corrected chi connectivity index (χ1v) is 8.16. The molecule has 0 saturated heterocycles. The second kappa shape index (κ2) is 8.67. The first-order valence-electron chi connectivity index (χ1n) is 7.28. The second-order valence-electron chi connectivity index (χ2n) is 5.00. The molecule has 0 bridgehead atoms. The third-order valence-corrected chi connectivity index (χ3v) is 4.10. The molecule has 2 aromatic rings. The van der Waals surface area contributed by atoms with Gasteiger partial charge in [0.05, 0.1) is 17.6 Å². The normalized spacial score (nSPS) is 12.3. The van der Waals surface area contributed by atoms with E-state index in [2.05, 4.69) is 10.5 Å². The zero-order valence-corrected chi connectivity index (χ0v) is 13.0. The fourth-order valence-corrected chi connectivity index (χ4v) is 2.66. The lowest BCUT2D eigenvalue weighted by molar-refractivity contribution is 0.0858. The maximum atomic E-state index is 11.9. The molecule has 0 aliphatic rings. The standard InChI is InChI=1S/C15H20N2O4S/c18-10-11(19)5-2-1-3-7-16-15(20)12-9-13(21-17-12)14-6-4-8-22-14/h4,6,8-9,11,18-19H,1-3,5,7,10H2,(H,16,20). The molecule has 0 fully saturated rings. The van der Waals surface area contributed by atoms with Gasteiger partial charge in [0.1, 0.15) is 0 Å². The van der Waals surface area contributed by atoms with Crippen molar-refractivity contribution >= 4 is 17.2 Å². The van der Waals surface area contributed by atoms with Crippen molar-refractivity contribution in [3.8, 4) is 10.6 Å². The lowest BCUT2D eigenvalue weighted by atomic mass is 10.1. The number of thiophene rings is 1. The lowest BCUT2D eigenvalue weighted by Gasteiger charge is -2.06. The average molecular weight is 324 g/mol. The fraction of sp³-hybridized carbons (Fsp3) is 0.467. The molecular weight excluding hydrogens is 304 g/mol. The van der Waals surface area contributed by atoms with Crippen LogP contribution < -0.4 is 5.32 Å². The smallest absolute Gasteiger partial charge is 0.273 e. The van der Waals surface area contributed by atoms with E-state index in [4.69, 9.17) is 9.63 Å². The summed E-state index contributed by atoms with van der Waals surface area (Å²) in [6.45, 7) is 0.352. The van der Waals surface area contributed by atoms with Crippen LogP contribution in [-0.4, -0.2) is 40.5 Å². The van der Waals surface area contributed by atoms with Crippen LogP contribution in [0.1, 0.15) is 36.2 Å². The Labute approximate surface area is 132 Å². The van der Waals surface area contributed by atoms with Crippen LogP contribution in [0.5, 0.6) is 0 Å². The Kier molecular flexibility index (Phi) is 6.57. The maximum absolute atomic E-state index is 11.9. The van der Waals surface area contributed by atoms with Crippen molar-refractivity contribution in [1.29, 1.82) is 0 Å². The van der Waals surface area contributed by atoms with Gasteiger partial charge in [-0.1, -0.05) is 24.1 Å². The van der Waals surface area contributed by atoms with Gasteiger partial charge in [0.15, 0.2) is 11.5 Å². The van der Waals surface area contributed by atoms with Crippen molar-refractivity contribution in [2.24, 2.45) is 0 Å². The second-order valence-corrected chi connectivity index (χ2v) is 5.94. The molecule has 1 unspecified atom stereocenters. The first kappa shape index (κ1) is 16.7. The molecule has 2 rings (SSSR count). The number of unbranched alkanes of at least 4 members (excludes halogenated alkanes) is 2. The van der Waals surface area contributed by atoms with Crippen molar-refractivity contribution in [3.05, 3.63) is 29.3 Å². The number of aliphatic hydroxyl groups is 2. The van der Waals surface area contributed by atoms with Crippen molar-refractivity contribution in [2.75, 3.05) is 13.2 Å². The molecule has 0 aliphatic carbocycles. The highest BCUT2D eigenvalue weighted by Gasteiger charge is 2.13. The lowest BCUT2D eigenvalue weighted by Crippen LogP contribution is -2.24. The molecule has 0 radical (unpaired) electrons. The molecule has 0 spiro atoms. The van der Waals surface area contributed by atoms with E-state index in [-0.39, 0.29) is 18.2 Å². The summed E-state index contributed by atoms with van der Waals surface area (Å²) in [6.07, 6.45) is 2.47. The summed E-state index contributed by atoms with van der Waals surface area (Å²) in [5.74, 6) is 0.347. The van der Waals surface area contributed by atoms with Crippen molar-refractivity contribution < 1.29 is 19.5 Å². The van der Waals surface area contributed by atoms with Crippen LogP contribution in [0.3, 0.4) is 0 Å². The molecule has 0 saturated carbocycles. The van der Waals surface area contributed by atoms with Gasteiger partial charge in [0, 0.05) is 12.6 Å². The Morgan fingerprint density at radius 2 is 2.27 bits per heavy atom. The summed E-state index contributed by atoms with van der Waals surface area (Å²) in [5.41, 5.74) is 0.277. The van der Waals surface area contributed by atoms with E-state index in [0.717, 1.165) is 24.1 Å². The van der Waals surface area contributed by atoms with Crippen LogP contribution in [-0.2, 0) is 0 Å². The number of aliphatic hydroxyl groups excluding tert-OH is 2. The predicted octanol–water partition coefficient (Wildman–Crippen LogP) is 2.05. The predicted molar refractivity (Wildman–Crippen MR) is 83.7 cm³/mol. The monoisotopic (exact) mass is 324 g/mol. The fourth-order valence-electron chi connectivity index (χ4n) is 1.98. The number of carbonyl (C=O) groups excluding carboxylic acids is 1. The summed E-state index contributed by atoms with van der Waals surface area (Å²) in [4.78, 5) is 12.9. The van der Waals surface area contributed by atoms with E-state index < -0.39 is 6.10 Å². The largest absolute Gasteiger partial charge is 0.394 e.